The number of amides is 1. The van der Waals surface area contributed by atoms with Gasteiger partial charge in [-0.2, -0.15) is 5.26 Å². The standard InChI is InChI=1S/C34H33N3O6/c1-40-31-18-24(34(39)37(13-14-38)21-22-3-2-4-22)5-7-28(31)32-19-29-33(43-32)27(9-12-36-29)23-6-8-30(25(17-23)20-35)42-26-10-15-41-16-11-26/h5-9,12,14,17-19,22,26H,2-4,10-11,13,15-16,21H2,1H3. The second kappa shape index (κ2) is 12.7. The van der Waals surface area contributed by atoms with Crippen molar-refractivity contribution in [2.24, 2.45) is 5.92 Å². The summed E-state index contributed by atoms with van der Waals surface area (Å²) in [6.45, 7) is 1.95. The molecule has 4 aromatic rings. The number of rotatable bonds is 10. The van der Waals surface area contributed by atoms with E-state index in [4.69, 9.17) is 18.6 Å². The van der Waals surface area contributed by atoms with Crippen LogP contribution in [-0.4, -0.2) is 61.6 Å². The Balaban J connectivity index is 1.29. The molecule has 0 atom stereocenters. The van der Waals surface area contributed by atoms with Crippen LogP contribution in [0.25, 0.3) is 33.6 Å². The van der Waals surface area contributed by atoms with E-state index in [2.05, 4.69) is 11.1 Å². The van der Waals surface area contributed by atoms with Crippen molar-refractivity contribution in [3.63, 3.8) is 0 Å². The first kappa shape index (κ1) is 28.4. The first-order valence-electron chi connectivity index (χ1n) is 14.7. The van der Waals surface area contributed by atoms with Gasteiger partial charge in [-0.25, -0.2) is 0 Å². The molecular weight excluding hydrogens is 546 g/mol. The van der Waals surface area contributed by atoms with E-state index >= 15 is 0 Å². The molecule has 1 saturated carbocycles. The Bertz CT molecular complexity index is 1680. The minimum Gasteiger partial charge on any atom is -0.496 e. The van der Waals surface area contributed by atoms with Gasteiger partial charge in [-0.05, 0) is 60.7 Å². The minimum absolute atomic E-state index is 0.0273. The van der Waals surface area contributed by atoms with Gasteiger partial charge >= 0.3 is 0 Å². The zero-order valence-corrected chi connectivity index (χ0v) is 24.1. The fourth-order valence-electron chi connectivity index (χ4n) is 5.69. The largest absolute Gasteiger partial charge is 0.496 e. The maximum absolute atomic E-state index is 13.3. The molecule has 9 nitrogen and oxygen atoms in total. The van der Waals surface area contributed by atoms with Crippen LogP contribution in [0.15, 0.2) is 59.1 Å². The topological polar surface area (TPSA) is 115 Å². The molecule has 9 heteroatoms. The van der Waals surface area contributed by atoms with Gasteiger partial charge in [-0.1, -0.05) is 12.5 Å². The summed E-state index contributed by atoms with van der Waals surface area (Å²) in [4.78, 5) is 30.7. The van der Waals surface area contributed by atoms with Crippen molar-refractivity contribution < 1.29 is 28.2 Å². The normalized spacial score (nSPS) is 15.4. The van der Waals surface area contributed by atoms with Gasteiger partial charge in [0.15, 0.2) is 5.58 Å². The number of carbonyl (C=O) groups excluding carboxylic acids is 2. The van der Waals surface area contributed by atoms with Gasteiger partial charge in [-0.3, -0.25) is 9.78 Å². The molecule has 1 saturated heterocycles. The molecule has 0 N–H and O–H groups in total. The third-order valence-electron chi connectivity index (χ3n) is 8.28. The maximum atomic E-state index is 13.3. The number of carbonyl (C=O) groups is 2. The molecule has 2 aromatic carbocycles. The van der Waals surface area contributed by atoms with Crippen LogP contribution in [0, 0.1) is 17.2 Å². The number of aromatic nitrogens is 1. The molecule has 0 bridgehead atoms. The molecule has 2 aliphatic rings. The van der Waals surface area contributed by atoms with E-state index in [0.717, 1.165) is 43.1 Å². The number of ether oxygens (including phenoxy) is 3. The van der Waals surface area contributed by atoms with Gasteiger partial charge in [0.25, 0.3) is 5.91 Å². The van der Waals surface area contributed by atoms with Crippen LogP contribution in [0.3, 0.4) is 0 Å². The highest BCUT2D eigenvalue weighted by molar-refractivity contribution is 5.97. The number of nitriles is 1. The van der Waals surface area contributed by atoms with Crippen LogP contribution >= 0.6 is 0 Å². The predicted octanol–water partition coefficient (Wildman–Crippen LogP) is 6.04. The third kappa shape index (κ3) is 5.97. The Morgan fingerprint density at radius 2 is 1.91 bits per heavy atom. The molecule has 3 heterocycles. The first-order chi connectivity index (χ1) is 21.1. The van der Waals surface area contributed by atoms with Gasteiger partial charge in [-0.15, -0.1) is 0 Å². The van der Waals surface area contributed by atoms with E-state index < -0.39 is 0 Å². The van der Waals surface area contributed by atoms with E-state index in [1.165, 1.54) is 6.42 Å². The monoisotopic (exact) mass is 579 g/mol. The average molecular weight is 580 g/mol. The lowest BCUT2D eigenvalue weighted by atomic mass is 9.85. The fourth-order valence-corrected chi connectivity index (χ4v) is 5.69. The molecule has 6 rings (SSSR count). The van der Waals surface area contributed by atoms with Crippen molar-refractivity contribution in [1.29, 1.82) is 5.26 Å². The summed E-state index contributed by atoms with van der Waals surface area (Å²) < 4.78 is 23.6. The van der Waals surface area contributed by atoms with E-state index in [-0.39, 0.29) is 18.6 Å². The van der Waals surface area contributed by atoms with Crippen LogP contribution in [0.5, 0.6) is 11.5 Å². The molecule has 220 valence electrons. The van der Waals surface area contributed by atoms with Crippen LogP contribution in [0.2, 0.25) is 0 Å². The molecule has 0 spiro atoms. The van der Waals surface area contributed by atoms with Crippen molar-refractivity contribution in [3.05, 3.63) is 65.9 Å². The summed E-state index contributed by atoms with van der Waals surface area (Å²) in [6, 6.07) is 16.7. The lowest BCUT2D eigenvalue weighted by Gasteiger charge is -2.31. The number of hydrogen-bond donors (Lipinski definition) is 0. The lowest BCUT2D eigenvalue weighted by molar-refractivity contribution is -0.108. The number of nitrogens with zero attached hydrogens (tertiary/aromatic N) is 3. The highest BCUT2D eigenvalue weighted by Gasteiger charge is 2.25. The van der Waals surface area contributed by atoms with Gasteiger partial charge < -0.3 is 28.3 Å². The number of furan rings is 1. The van der Waals surface area contributed by atoms with E-state index in [9.17, 15) is 14.9 Å². The quantitative estimate of drug-likeness (QED) is 0.209. The van der Waals surface area contributed by atoms with Crippen molar-refractivity contribution in [2.45, 2.75) is 38.2 Å². The molecule has 2 aromatic heterocycles. The molecule has 1 amide bonds. The Labute approximate surface area is 250 Å². The zero-order valence-electron chi connectivity index (χ0n) is 24.1. The zero-order chi connectivity index (χ0) is 29.8. The van der Waals surface area contributed by atoms with Gasteiger partial charge in [0.05, 0.1) is 38.0 Å². The van der Waals surface area contributed by atoms with Crippen LogP contribution in [0.4, 0.5) is 0 Å². The lowest BCUT2D eigenvalue weighted by Crippen LogP contribution is -2.38. The van der Waals surface area contributed by atoms with Crippen molar-refractivity contribution >= 4 is 23.3 Å². The molecule has 43 heavy (non-hydrogen) atoms. The maximum Gasteiger partial charge on any atom is 0.254 e. The summed E-state index contributed by atoms with van der Waals surface area (Å²) in [6.07, 6.45) is 7.43. The second-order valence-electron chi connectivity index (χ2n) is 11.0. The third-order valence-corrected chi connectivity index (χ3v) is 8.28. The molecule has 2 fully saturated rings. The summed E-state index contributed by atoms with van der Waals surface area (Å²) >= 11 is 0. The molecular formula is C34H33N3O6. The Morgan fingerprint density at radius 3 is 2.63 bits per heavy atom. The Morgan fingerprint density at radius 1 is 1.07 bits per heavy atom. The van der Waals surface area contributed by atoms with Gasteiger partial charge in [0.2, 0.25) is 0 Å². The highest BCUT2D eigenvalue weighted by Crippen LogP contribution is 2.39. The minimum atomic E-state index is -0.199. The van der Waals surface area contributed by atoms with E-state index in [0.29, 0.717) is 70.7 Å². The van der Waals surface area contributed by atoms with Gasteiger partial charge in [0, 0.05) is 42.8 Å². The number of methoxy groups -OCH3 is 1. The Hall–Kier alpha value is -4.68. The molecule has 0 unspecified atom stereocenters. The Kier molecular flexibility index (Phi) is 8.38. The molecule has 1 aliphatic carbocycles. The summed E-state index contributed by atoms with van der Waals surface area (Å²) in [5, 5.41) is 9.88. The summed E-state index contributed by atoms with van der Waals surface area (Å²) in [5.41, 5.74) is 4.37. The number of fused-ring (bicyclic) bond motifs is 1. The highest BCUT2D eigenvalue weighted by atomic mass is 16.5. The fraction of sp³-hybridized carbons (Fsp3) is 0.353. The molecule has 0 radical (unpaired) electrons. The van der Waals surface area contributed by atoms with Crippen LogP contribution < -0.4 is 9.47 Å². The number of pyridine rings is 1. The molecule has 1 aliphatic heterocycles. The summed E-state index contributed by atoms with van der Waals surface area (Å²) in [5.74, 6) is 1.81. The summed E-state index contributed by atoms with van der Waals surface area (Å²) in [7, 11) is 1.55. The van der Waals surface area contributed by atoms with Crippen LogP contribution in [0.1, 0.15) is 48.0 Å². The van der Waals surface area contributed by atoms with Crippen molar-refractivity contribution in [1.82, 2.24) is 9.88 Å². The van der Waals surface area contributed by atoms with E-state index in [1.807, 2.05) is 24.3 Å². The number of benzene rings is 2. The SMILES string of the molecule is COc1cc(C(=O)N(CC=O)CC2CCC2)ccc1-c1cc2nccc(-c3ccc(OC4CCOCC4)c(C#N)c3)c2o1. The van der Waals surface area contributed by atoms with Crippen molar-refractivity contribution in [3.8, 4) is 40.0 Å². The predicted molar refractivity (Wildman–Crippen MR) is 160 cm³/mol. The van der Waals surface area contributed by atoms with Gasteiger partial charge in [0.1, 0.15) is 41.2 Å². The first-order valence-corrected chi connectivity index (χ1v) is 14.7. The average Bonchev–Trinajstić information content (AvgIpc) is 3.46. The van der Waals surface area contributed by atoms with E-state index in [1.54, 1.807) is 42.5 Å². The number of aldehydes is 1. The number of hydrogen-bond acceptors (Lipinski definition) is 8. The second-order valence-corrected chi connectivity index (χ2v) is 11.0. The van der Waals surface area contributed by atoms with Crippen LogP contribution in [-0.2, 0) is 9.53 Å². The smallest absolute Gasteiger partial charge is 0.254 e. The van der Waals surface area contributed by atoms with Crippen molar-refractivity contribution in [2.75, 3.05) is 33.4 Å².